The molecule has 0 radical (unpaired) electrons. The van der Waals surface area contributed by atoms with Gasteiger partial charge in [0, 0.05) is 25.2 Å². The molecule has 31 heavy (non-hydrogen) atoms. The topological polar surface area (TPSA) is 67.9 Å². The summed E-state index contributed by atoms with van der Waals surface area (Å²) >= 11 is 0. The van der Waals surface area contributed by atoms with Crippen molar-refractivity contribution in [3.8, 4) is 17.2 Å². The highest BCUT2D eigenvalue weighted by Crippen LogP contribution is 2.25. The summed E-state index contributed by atoms with van der Waals surface area (Å²) in [7, 11) is 1.62. The Labute approximate surface area is 181 Å². The summed E-state index contributed by atoms with van der Waals surface area (Å²) in [6.45, 7) is 0.893. The third-order valence-corrected chi connectivity index (χ3v) is 5.22. The van der Waals surface area contributed by atoms with Gasteiger partial charge in [0.25, 0.3) is 0 Å². The molecular formula is C25H24N2O4. The Morgan fingerprint density at radius 3 is 2.26 bits per heavy atom. The van der Waals surface area contributed by atoms with Gasteiger partial charge in [0.2, 0.25) is 11.8 Å². The van der Waals surface area contributed by atoms with Gasteiger partial charge < -0.3 is 19.7 Å². The molecular weight excluding hydrogens is 392 g/mol. The van der Waals surface area contributed by atoms with Crippen LogP contribution in [-0.4, -0.2) is 30.4 Å². The average molecular weight is 416 g/mol. The van der Waals surface area contributed by atoms with Crippen molar-refractivity contribution in [1.29, 1.82) is 0 Å². The number of carbonyl (C=O) groups is 2. The van der Waals surface area contributed by atoms with E-state index in [9.17, 15) is 9.59 Å². The molecule has 0 bridgehead atoms. The number of hydrogen-bond acceptors (Lipinski definition) is 4. The fourth-order valence-corrected chi connectivity index (χ4v) is 3.53. The van der Waals surface area contributed by atoms with E-state index >= 15 is 0 Å². The Kier molecular flexibility index (Phi) is 6.17. The summed E-state index contributed by atoms with van der Waals surface area (Å²) < 4.78 is 10.9. The summed E-state index contributed by atoms with van der Waals surface area (Å²) in [4.78, 5) is 26.8. The van der Waals surface area contributed by atoms with Crippen LogP contribution in [0.3, 0.4) is 0 Å². The number of hydrogen-bond donors (Lipinski definition) is 1. The molecule has 1 heterocycles. The first-order valence-corrected chi connectivity index (χ1v) is 10.2. The van der Waals surface area contributed by atoms with E-state index in [-0.39, 0.29) is 24.2 Å². The van der Waals surface area contributed by atoms with Crippen LogP contribution < -0.4 is 14.8 Å². The molecule has 1 saturated heterocycles. The standard InChI is InChI=1S/C25H24N2O4/c1-30-21-11-7-18(8-12-21)16-27-17-19(15-24(27)28)25(29)26-20-9-13-23(14-10-20)31-22-5-3-2-4-6-22/h2-14,19H,15-17H2,1H3,(H,26,29). The molecule has 0 aromatic heterocycles. The van der Waals surface area contributed by atoms with Crippen molar-refractivity contribution in [3.63, 3.8) is 0 Å². The molecule has 1 aliphatic heterocycles. The predicted octanol–water partition coefficient (Wildman–Crippen LogP) is 4.47. The largest absolute Gasteiger partial charge is 0.497 e. The highest BCUT2D eigenvalue weighted by molar-refractivity contribution is 5.97. The number of amides is 2. The summed E-state index contributed by atoms with van der Waals surface area (Å²) in [6, 6.07) is 24.3. The van der Waals surface area contributed by atoms with Gasteiger partial charge in [-0.05, 0) is 54.1 Å². The monoisotopic (exact) mass is 416 g/mol. The number of benzene rings is 3. The van der Waals surface area contributed by atoms with Crippen LogP contribution in [0.15, 0.2) is 78.9 Å². The maximum absolute atomic E-state index is 12.7. The average Bonchev–Trinajstić information content (AvgIpc) is 3.17. The van der Waals surface area contributed by atoms with Crippen LogP contribution in [0.2, 0.25) is 0 Å². The quantitative estimate of drug-likeness (QED) is 0.617. The molecule has 6 nitrogen and oxygen atoms in total. The van der Waals surface area contributed by atoms with Crippen molar-refractivity contribution in [2.45, 2.75) is 13.0 Å². The SMILES string of the molecule is COc1ccc(CN2CC(C(=O)Nc3ccc(Oc4ccccc4)cc3)CC2=O)cc1. The van der Waals surface area contributed by atoms with E-state index in [1.165, 1.54) is 0 Å². The van der Waals surface area contributed by atoms with Gasteiger partial charge in [-0.2, -0.15) is 0 Å². The Morgan fingerprint density at radius 2 is 1.58 bits per heavy atom. The van der Waals surface area contributed by atoms with Gasteiger partial charge in [-0.1, -0.05) is 30.3 Å². The van der Waals surface area contributed by atoms with Crippen LogP contribution in [0.25, 0.3) is 0 Å². The molecule has 158 valence electrons. The molecule has 1 unspecified atom stereocenters. The van der Waals surface area contributed by atoms with Gasteiger partial charge in [-0.3, -0.25) is 9.59 Å². The number of likely N-dealkylation sites (tertiary alicyclic amines) is 1. The fourth-order valence-electron chi connectivity index (χ4n) is 3.53. The van der Waals surface area contributed by atoms with Gasteiger partial charge in [-0.15, -0.1) is 0 Å². The van der Waals surface area contributed by atoms with Crippen molar-refractivity contribution in [2.75, 3.05) is 19.0 Å². The van der Waals surface area contributed by atoms with E-state index in [1.807, 2.05) is 54.6 Å². The van der Waals surface area contributed by atoms with E-state index in [2.05, 4.69) is 5.32 Å². The molecule has 3 aromatic carbocycles. The van der Waals surface area contributed by atoms with Crippen molar-refractivity contribution in [1.82, 2.24) is 4.90 Å². The van der Waals surface area contributed by atoms with Crippen LogP contribution in [0.1, 0.15) is 12.0 Å². The smallest absolute Gasteiger partial charge is 0.229 e. The zero-order chi connectivity index (χ0) is 21.6. The van der Waals surface area contributed by atoms with E-state index in [0.29, 0.717) is 24.5 Å². The molecule has 1 aliphatic rings. The minimum atomic E-state index is -0.369. The maximum Gasteiger partial charge on any atom is 0.229 e. The Morgan fingerprint density at radius 1 is 0.935 bits per heavy atom. The molecule has 1 atom stereocenters. The number of nitrogens with zero attached hydrogens (tertiary/aromatic N) is 1. The molecule has 1 fully saturated rings. The summed E-state index contributed by atoms with van der Waals surface area (Å²) in [6.07, 6.45) is 0.219. The summed E-state index contributed by atoms with van der Waals surface area (Å²) in [5.74, 6) is 1.68. The van der Waals surface area contributed by atoms with Crippen molar-refractivity contribution in [3.05, 3.63) is 84.4 Å². The molecule has 2 amide bonds. The Balaban J connectivity index is 1.31. The maximum atomic E-state index is 12.7. The van der Waals surface area contributed by atoms with Gasteiger partial charge in [-0.25, -0.2) is 0 Å². The number of para-hydroxylation sites is 1. The first-order chi connectivity index (χ1) is 15.1. The summed E-state index contributed by atoms with van der Waals surface area (Å²) in [5.41, 5.74) is 1.68. The number of anilines is 1. The lowest BCUT2D eigenvalue weighted by Gasteiger charge is -2.17. The van der Waals surface area contributed by atoms with Gasteiger partial charge in [0.15, 0.2) is 0 Å². The lowest BCUT2D eigenvalue weighted by atomic mass is 10.1. The van der Waals surface area contributed by atoms with Crippen LogP contribution in [0.5, 0.6) is 17.2 Å². The zero-order valence-electron chi connectivity index (χ0n) is 17.3. The summed E-state index contributed by atoms with van der Waals surface area (Å²) in [5, 5.41) is 2.91. The van der Waals surface area contributed by atoms with Crippen LogP contribution in [0, 0.1) is 5.92 Å². The van der Waals surface area contributed by atoms with E-state index in [0.717, 1.165) is 17.1 Å². The first kappa shape index (κ1) is 20.5. The van der Waals surface area contributed by atoms with Crippen LogP contribution >= 0.6 is 0 Å². The van der Waals surface area contributed by atoms with Gasteiger partial charge >= 0.3 is 0 Å². The van der Waals surface area contributed by atoms with E-state index in [4.69, 9.17) is 9.47 Å². The van der Waals surface area contributed by atoms with E-state index in [1.54, 1.807) is 36.3 Å². The number of carbonyl (C=O) groups excluding carboxylic acids is 2. The second-order valence-electron chi connectivity index (χ2n) is 7.45. The molecule has 1 N–H and O–H groups in total. The molecule has 4 rings (SSSR count). The minimum absolute atomic E-state index is 0.0115. The van der Waals surface area contributed by atoms with Crippen LogP contribution in [0.4, 0.5) is 5.69 Å². The molecule has 0 aliphatic carbocycles. The second-order valence-corrected chi connectivity index (χ2v) is 7.45. The molecule has 0 spiro atoms. The lowest BCUT2D eigenvalue weighted by Crippen LogP contribution is -2.28. The number of ether oxygens (including phenoxy) is 2. The lowest BCUT2D eigenvalue weighted by molar-refractivity contribution is -0.128. The fraction of sp³-hybridized carbons (Fsp3) is 0.200. The van der Waals surface area contributed by atoms with Crippen LogP contribution in [-0.2, 0) is 16.1 Å². The Hall–Kier alpha value is -3.80. The van der Waals surface area contributed by atoms with E-state index < -0.39 is 0 Å². The predicted molar refractivity (Wildman–Crippen MR) is 118 cm³/mol. The third-order valence-electron chi connectivity index (χ3n) is 5.22. The zero-order valence-corrected chi connectivity index (χ0v) is 17.3. The minimum Gasteiger partial charge on any atom is -0.497 e. The van der Waals surface area contributed by atoms with Gasteiger partial charge in [0.05, 0.1) is 13.0 Å². The molecule has 0 saturated carbocycles. The number of methoxy groups -OCH3 is 1. The third kappa shape index (κ3) is 5.22. The second kappa shape index (κ2) is 9.34. The highest BCUT2D eigenvalue weighted by atomic mass is 16.5. The van der Waals surface area contributed by atoms with Crippen molar-refractivity contribution < 1.29 is 19.1 Å². The normalized spacial score (nSPS) is 15.6. The Bertz CT molecular complexity index is 1030. The highest BCUT2D eigenvalue weighted by Gasteiger charge is 2.34. The molecule has 6 heteroatoms. The number of nitrogens with one attached hydrogen (secondary N) is 1. The van der Waals surface area contributed by atoms with Crippen molar-refractivity contribution in [2.24, 2.45) is 5.92 Å². The van der Waals surface area contributed by atoms with Gasteiger partial charge in [0.1, 0.15) is 17.2 Å². The first-order valence-electron chi connectivity index (χ1n) is 10.2. The van der Waals surface area contributed by atoms with Crippen molar-refractivity contribution >= 4 is 17.5 Å². The number of rotatable bonds is 7. The molecule has 3 aromatic rings.